The van der Waals surface area contributed by atoms with E-state index in [9.17, 15) is 19.2 Å². The van der Waals surface area contributed by atoms with Crippen LogP contribution in [0.5, 0.6) is 0 Å². The van der Waals surface area contributed by atoms with E-state index < -0.39 is 30.4 Å². The van der Waals surface area contributed by atoms with Crippen LogP contribution in [0, 0.1) is 0 Å². The van der Waals surface area contributed by atoms with Gasteiger partial charge in [0.05, 0.1) is 30.9 Å². The first-order valence-electron chi connectivity index (χ1n) is 7.78. The summed E-state index contributed by atoms with van der Waals surface area (Å²) in [6.45, 7) is -0.514. The molecule has 2 aromatic carbocycles. The Labute approximate surface area is 155 Å². The van der Waals surface area contributed by atoms with Crippen molar-refractivity contribution in [1.29, 1.82) is 0 Å². The molecule has 2 aromatic rings. The molecule has 0 heterocycles. The SMILES string of the molecule is COC(=O)c1ccc(NC(=O)COC(=O)c2cccc(C(=O)OC)c2)cc1. The number of methoxy groups -OCH3 is 2. The molecule has 0 spiro atoms. The number of anilines is 1. The lowest BCUT2D eigenvalue weighted by atomic mass is 10.1. The Balaban J connectivity index is 1.90. The Morgan fingerprint density at radius 1 is 0.778 bits per heavy atom. The van der Waals surface area contributed by atoms with Gasteiger partial charge in [0.1, 0.15) is 0 Å². The lowest BCUT2D eigenvalue weighted by molar-refractivity contribution is -0.119. The molecule has 2 rings (SSSR count). The number of rotatable bonds is 6. The van der Waals surface area contributed by atoms with Crippen LogP contribution in [0.1, 0.15) is 31.1 Å². The summed E-state index contributed by atoms with van der Waals surface area (Å²) in [6, 6.07) is 11.8. The summed E-state index contributed by atoms with van der Waals surface area (Å²) in [4.78, 5) is 46.7. The third kappa shape index (κ3) is 5.40. The first-order valence-corrected chi connectivity index (χ1v) is 7.78. The van der Waals surface area contributed by atoms with Gasteiger partial charge in [0.2, 0.25) is 0 Å². The van der Waals surface area contributed by atoms with Gasteiger partial charge in [-0.3, -0.25) is 4.79 Å². The number of carbonyl (C=O) groups excluding carboxylic acids is 4. The molecule has 1 amide bonds. The molecule has 0 saturated heterocycles. The first-order chi connectivity index (χ1) is 12.9. The number of hydrogen-bond acceptors (Lipinski definition) is 7. The van der Waals surface area contributed by atoms with Crippen molar-refractivity contribution in [1.82, 2.24) is 0 Å². The summed E-state index contributed by atoms with van der Waals surface area (Å²) in [5, 5.41) is 2.53. The standard InChI is InChI=1S/C19H17NO7/c1-25-17(22)12-6-8-15(9-7-12)20-16(21)11-27-19(24)14-5-3-4-13(10-14)18(23)26-2/h3-10H,11H2,1-2H3,(H,20,21). The van der Waals surface area contributed by atoms with Crippen LogP contribution in [-0.4, -0.2) is 44.6 Å². The van der Waals surface area contributed by atoms with Gasteiger partial charge in [-0.05, 0) is 42.5 Å². The van der Waals surface area contributed by atoms with Crippen LogP contribution in [0.3, 0.4) is 0 Å². The quantitative estimate of drug-likeness (QED) is 0.611. The lowest BCUT2D eigenvalue weighted by Crippen LogP contribution is -2.21. The van der Waals surface area contributed by atoms with Crippen molar-refractivity contribution in [3.63, 3.8) is 0 Å². The Bertz CT molecular complexity index is 859. The molecule has 0 radical (unpaired) electrons. The van der Waals surface area contributed by atoms with Gasteiger partial charge in [-0.1, -0.05) is 6.07 Å². The van der Waals surface area contributed by atoms with E-state index in [-0.39, 0.29) is 11.1 Å². The smallest absolute Gasteiger partial charge is 0.338 e. The molecule has 0 unspecified atom stereocenters. The van der Waals surface area contributed by atoms with Gasteiger partial charge in [-0.25, -0.2) is 14.4 Å². The van der Waals surface area contributed by atoms with E-state index in [0.29, 0.717) is 11.3 Å². The zero-order valence-corrected chi connectivity index (χ0v) is 14.7. The number of carbonyl (C=O) groups is 4. The van der Waals surface area contributed by atoms with Gasteiger partial charge in [-0.15, -0.1) is 0 Å². The van der Waals surface area contributed by atoms with E-state index in [4.69, 9.17) is 4.74 Å². The van der Waals surface area contributed by atoms with Gasteiger partial charge in [0, 0.05) is 5.69 Å². The lowest BCUT2D eigenvalue weighted by Gasteiger charge is -2.08. The third-order valence-electron chi connectivity index (χ3n) is 3.44. The molecule has 1 N–H and O–H groups in total. The first kappa shape index (κ1) is 19.6. The molecule has 140 valence electrons. The predicted molar refractivity (Wildman–Crippen MR) is 94.5 cm³/mol. The highest BCUT2D eigenvalue weighted by Gasteiger charge is 2.14. The average Bonchev–Trinajstić information content (AvgIpc) is 2.71. The van der Waals surface area contributed by atoms with E-state index in [2.05, 4.69) is 14.8 Å². The number of hydrogen-bond donors (Lipinski definition) is 1. The summed E-state index contributed by atoms with van der Waals surface area (Å²) >= 11 is 0. The second-order valence-corrected chi connectivity index (χ2v) is 5.27. The highest BCUT2D eigenvalue weighted by molar-refractivity contribution is 5.98. The molecule has 0 fully saturated rings. The van der Waals surface area contributed by atoms with Crippen molar-refractivity contribution < 1.29 is 33.4 Å². The normalized spacial score (nSPS) is 9.85. The predicted octanol–water partition coefficient (Wildman–Crippen LogP) is 2.06. The Hall–Kier alpha value is -3.68. The van der Waals surface area contributed by atoms with E-state index >= 15 is 0 Å². The number of esters is 3. The molecular weight excluding hydrogens is 354 g/mol. The van der Waals surface area contributed by atoms with E-state index in [1.807, 2.05) is 0 Å². The van der Waals surface area contributed by atoms with Crippen LogP contribution < -0.4 is 5.32 Å². The van der Waals surface area contributed by atoms with Crippen molar-refractivity contribution in [2.24, 2.45) is 0 Å². The molecule has 0 saturated carbocycles. The van der Waals surface area contributed by atoms with Gasteiger partial charge in [-0.2, -0.15) is 0 Å². The number of benzene rings is 2. The Morgan fingerprint density at radius 3 is 1.93 bits per heavy atom. The number of amides is 1. The minimum absolute atomic E-state index is 0.119. The van der Waals surface area contributed by atoms with Crippen molar-refractivity contribution in [3.8, 4) is 0 Å². The van der Waals surface area contributed by atoms with Crippen molar-refractivity contribution >= 4 is 29.5 Å². The maximum absolute atomic E-state index is 12.0. The van der Waals surface area contributed by atoms with Crippen LogP contribution in [0.15, 0.2) is 48.5 Å². The van der Waals surface area contributed by atoms with Crippen LogP contribution in [0.25, 0.3) is 0 Å². The van der Waals surface area contributed by atoms with E-state index in [1.165, 1.54) is 62.8 Å². The largest absolute Gasteiger partial charge is 0.465 e. The molecule has 0 bridgehead atoms. The summed E-state index contributed by atoms with van der Waals surface area (Å²) in [7, 11) is 2.50. The average molecular weight is 371 g/mol. The van der Waals surface area contributed by atoms with Crippen LogP contribution in [0.2, 0.25) is 0 Å². The molecule has 8 heteroatoms. The van der Waals surface area contributed by atoms with Gasteiger partial charge in [0.25, 0.3) is 5.91 Å². The monoisotopic (exact) mass is 371 g/mol. The zero-order chi connectivity index (χ0) is 19.8. The maximum Gasteiger partial charge on any atom is 0.338 e. The minimum Gasteiger partial charge on any atom is -0.465 e. The van der Waals surface area contributed by atoms with Crippen LogP contribution in [0.4, 0.5) is 5.69 Å². The van der Waals surface area contributed by atoms with Gasteiger partial charge >= 0.3 is 17.9 Å². The van der Waals surface area contributed by atoms with Gasteiger partial charge in [0.15, 0.2) is 6.61 Å². The molecule has 8 nitrogen and oxygen atoms in total. The summed E-state index contributed by atoms with van der Waals surface area (Å²) in [5.74, 6) is -2.39. The van der Waals surface area contributed by atoms with E-state index in [0.717, 1.165) is 0 Å². The summed E-state index contributed by atoms with van der Waals surface area (Å²) < 4.78 is 14.1. The topological polar surface area (TPSA) is 108 Å². The molecule has 0 atom stereocenters. The van der Waals surface area contributed by atoms with Crippen LogP contribution in [-0.2, 0) is 19.0 Å². The second-order valence-electron chi connectivity index (χ2n) is 5.27. The molecule has 27 heavy (non-hydrogen) atoms. The molecule has 0 aliphatic carbocycles. The highest BCUT2D eigenvalue weighted by Crippen LogP contribution is 2.11. The maximum atomic E-state index is 12.0. The van der Waals surface area contributed by atoms with Crippen molar-refractivity contribution in [3.05, 3.63) is 65.2 Å². The fourth-order valence-electron chi connectivity index (χ4n) is 2.11. The fourth-order valence-corrected chi connectivity index (χ4v) is 2.11. The summed E-state index contributed by atoms with van der Waals surface area (Å²) in [5.41, 5.74) is 1.08. The molecule has 0 aliphatic rings. The number of ether oxygens (including phenoxy) is 3. The third-order valence-corrected chi connectivity index (χ3v) is 3.44. The van der Waals surface area contributed by atoms with Gasteiger partial charge < -0.3 is 19.5 Å². The van der Waals surface area contributed by atoms with Crippen molar-refractivity contribution in [2.75, 3.05) is 26.1 Å². The zero-order valence-electron chi connectivity index (χ0n) is 14.7. The molecule has 0 aliphatic heterocycles. The highest BCUT2D eigenvalue weighted by atomic mass is 16.5. The van der Waals surface area contributed by atoms with Crippen molar-refractivity contribution in [2.45, 2.75) is 0 Å². The number of nitrogens with one attached hydrogen (secondary N) is 1. The van der Waals surface area contributed by atoms with E-state index in [1.54, 1.807) is 0 Å². The second kappa shape index (κ2) is 9.14. The molecule has 0 aromatic heterocycles. The molecular formula is C19H17NO7. The summed E-state index contributed by atoms with van der Waals surface area (Å²) in [6.07, 6.45) is 0. The minimum atomic E-state index is -0.753. The van der Waals surface area contributed by atoms with Crippen LogP contribution >= 0.6 is 0 Å². The Kier molecular flexibility index (Phi) is 6.65. The Morgan fingerprint density at radius 2 is 1.33 bits per heavy atom. The fraction of sp³-hybridized carbons (Fsp3) is 0.158.